The number of rotatable bonds is 9. The van der Waals surface area contributed by atoms with Crippen molar-refractivity contribution in [3.05, 3.63) is 94.0 Å². The average Bonchev–Trinajstić information content (AvgIpc) is 2.90. The Morgan fingerprint density at radius 1 is 0.946 bits per heavy atom. The predicted octanol–water partition coefficient (Wildman–Crippen LogP) is 4.43. The Kier molecular flexibility index (Phi) is 7.52. The fraction of sp³-hybridized carbons (Fsp3) is 0.179. The van der Waals surface area contributed by atoms with E-state index >= 15 is 0 Å². The van der Waals surface area contributed by atoms with Gasteiger partial charge in [0.25, 0.3) is 0 Å². The standard InChI is InChI=1S/C28H25FN2O6/c1-4-37-20-11-9-19(10-12-20)30-26(32)16-31-15-22(27(33)17-5-7-18(29)8-6-17)28(34)21-13-24(35-2)25(36-3)14-23(21)31/h5-15H,4,16H2,1-3H3,(H,30,32). The SMILES string of the molecule is CCOc1ccc(NC(=O)Cn2cc(C(=O)c3ccc(F)cc3)c(=O)c3cc(OC)c(OC)cc32)cc1. The number of ketones is 1. The summed E-state index contributed by atoms with van der Waals surface area (Å²) in [6, 6.07) is 14.8. The van der Waals surface area contributed by atoms with E-state index in [-0.39, 0.29) is 29.0 Å². The second-order valence-electron chi connectivity index (χ2n) is 8.07. The average molecular weight is 505 g/mol. The fourth-order valence-corrected chi connectivity index (χ4v) is 3.92. The summed E-state index contributed by atoms with van der Waals surface area (Å²) in [5.41, 5.74) is 0.359. The Morgan fingerprint density at radius 3 is 2.22 bits per heavy atom. The van der Waals surface area contributed by atoms with Crippen molar-refractivity contribution in [3.8, 4) is 17.2 Å². The number of ether oxygens (including phenoxy) is 3. The summed E-state index contributed by atoms with van der Waals surface area (Å²) in [6.07, 6.45) is 1.33. The molecule has 4 rings (SSSR count). The van der Waals surface area contributed by atoms with Crippen molar-refractivity contribution in [2.45, 2.75) is 13.5 Å². The topological polar surface area (TPSA) is 95.9 Å². The smallest absolute Gasteiger partial charge is 0.244 e. The molecule has 3 aromatic carbocycles. The van der Waals surface area contributed by atoms with Gasteiger partial charge in [-0.3, -0.25) is 14.4 Å². The first-order valence-electron chi connectivity index (χ1n) is 11.5. The zero-order valence-electron chi connectivity index (χ0n) is 20.5. The first-order chi connectivity index (χ1) is 17.8. The van der Waals surface area contributed by atoms with Crippen LogP contribution in [0.1, 0.15) is 22.8 Å². The molecule has 0 unspecified atom stereocenters. The molecule has 1 heterocycles. The first-order valence-corrected chi connectivity index (χ1v) is 11.5. The monoisotopic (exact) mass is 504 g/mol. The predicted molar refractivity (Wildman–Crippen MR) is 137 cm³/mol. The molecule has 0 atom stereocenters. The number of carbonyl (C=O) groups is 2. The third-order valence-electron chi connectivity index (χ3n) is 5.70. The highest BCUT2D eigenvalue weighted by molar-refractivity contribution is 6.10. The van der Waals surface area contributed by atoms with Gasteiger partial charge in [0, 0.05) is 23.5 Å². The summed E-state index contributed by atoms with van der Waals surface area (Å²) in [5, 5.41) is 2.97. The van der Waals surface area contributed by atoms with Gasteiger partial charge in [0.15, 0.2) is 17.3 Å². The fourth-order valence-electron chi connectivity index (χ4n) is 3.92. The van der Waals surface area contributed by atoms with Crippen LogP contribution in [0.4, 0.5) is 10.1 Å². The summed E-state index contributed by atoms with van der Waals surface area (Å²) in [5.74, 6) is -0.157. The molecular formula is C28H25FN2O6. The van der Waals surface area contributed by atoms with Crippen molar-refractivity contribution in [2.75, 3.05) is 26.1 Å². The Hall–Kier alpha value is -4.66. The number of halogens is 1. The maximum atomic E-state index is 13.4. The first kappa shape index (κ1) is 25.4. The van der Waals surface area contributed by atoms with Crippen molar-refractivity contribution in [3.63, 3.8) is 0 Å². The van der Waals surface area contributed by atoms with Crippen molar-refractivity contribution >= 4 is 28.3 Å². The lowest BCUT2D eigenvalue weighted by molar-refractivity contribution is -0.116. The molecule has 0 spiro atoms. The van der Waals surface area contributed by atoms with Gasteiger partial charge in [-0.15, -0.1) is 0 Å². The molecule has 8 nitrogen and oxygen atoms in total. The lowest BCUT2D eigenvalue weighted by atomic mass is 10.0. The van der Waals surface area contributed by atoms with Crippen LogP contribution in [0.25, 0.3) is 10.9 Å². The summed E-state index contributed by atoms with van der Waals surface area (Å²) >= 11 is 0. The molecule has 0 saturated carbocycles. The molecule has 0 aliphatic heterocycles. The minimum absolute atomic E-state index is 0.142. The van der Waals surface area contributed by atoms with E-state index in [0.29, 0.717) is 35.1 Å². The van der Waals surface area contributed by atoms with E-state index < -0.39 is 17.0 Å². The molecule has 0 bridgehead atoms. The summed E-state index contributed by atoms with van der Waals surface area (Å²) < 4.78 is 31.0. The van der Waals surface area contributed by atoms with Gasteiger partial charge in [-0.25, -0.2) is 4.39 Å². The number of fused-ring (bicyclic) bond motifs is 1. The molecule has 9 heteroatoms. The minimum atomic E-state index is -0.595. The molecule has 0 radical (unpaired) electrons. The number of pyridine rings is 1. The number of amides is 1. The molecule has 1 N–H and O–H groups in total. The van der Waals surface area contributed by atoms with E-state index in [9.17, 15) is 18.8 Å². The highest BCUT2D eigenvalue weighted by atomic mass is 19.1. The largest absolute Gasteiger partial charge is 0.494 e. The number of aromatic nitrogens is 1. The third kappa shape index (κ3) is 5.45. The number of nitrogens with one attached hydrogen (secondary N) is 1. The Balaban J connectivity index is 1.77. The number of nitrogens with zero attached hydrogens (tertiary/aromatic N) is 1. The van der Waals surface area contributed by atoms with E-state index in [2.05, 4.69) is 5.32 Å². The third-order valence-corrected chi connectivity index (χ3v) is 5.70. The molecule has 190 valence electrons. The summed E-state index contributed by atoms with van der Waals surface area (Å²) in [4.78, 5) is 39.5. The Morgan fingerprint density at radius 2 is 1.59 bits per heavy atom. The maximum Gasteiger partial charge on any atom is 0.244 e. The molecule has 0 fully saturated rings. The van der Waals surface area contributed by atoms with Crippen LogP contribution in [0.3, 0.4) is 0 Å². The molecule has 1 amide bonds. The number of carbonyl (C=O) groups excluding carboxylic acids is 2. The molecule has 0 saturated heterocycles. The summed E-state index contributed by atoms with van der Waals surface area (Å²) in [7, 11) is 2.89. The van der Waals surface area contributed by atoms with Gasteiger partial charge in [0.05, 0.1) is 37.3 Å². The second kappa shape index (κ2) is 10.9. The second-order valence-corrected chi connectivity index (χ2v) is 8.07. The van der Waals surface area contributed by atoms with Gasteiger partial charge in [-0.1, -0.05) is 0 Å². The molecular weight excluding hydrogens is 479 g/mol. The van der Waals surface area contributed by atoms with Gasteiger partial charge >= 0.3 is 0 Å². The number of hydrogen-bond donors (Lipinski definition) is 1. The van der Waals surface area contributed by atoms with Crippen LogP contribution in [-0.2, 0) is 11.3 Å². The van der Waals surface area contributed by atoms with Gasteiger partial charge in [-0.2, -0.15) is 0 Å². The van der Waals surface area contributed by atoms with Gasteiger partial charge < -0.3 is 24.1 Å². The van der Waals surface area contributed by atoms with Crippen LogP contribution in [-0.4, -0.2) is 37.1 Å². The maximum absolute atomic E-state index is 13.4. The normalized spacial score (nSPS) is 10.7. The van der Waals surface area contributed by atoms with Crippen molar-refractivity contribution in [2.24, 2.45) is 0 Å². The van der Waals surface area contributed by atoms with E-state index in [0.717, 1.165) is 12.1 Å². The van der Waals surface area contributed by atoms with E-state index in [1.165, 1.54) is 43.2 Å². The highest BCUT2D eigenvalue weighted by Gasteiger charge is 2.20. The minimum Gasteiger partial charge on any atom is -0.494 e. The number of hydrogen-bond acceptors (Lipinski definition) is 6. The van der Waals surface area contributed by atoms with Crippen LogP contribution in [0, 0.1) is 5.82 Å². The van der Waals surface area contributed by atoms with Gasteiger partial charge in [-0.05, 0) is 61.5 Å². The molecule has 0 aliphatic rings. The highest BCUT2D eigenvalue weighted by Crippen LogP contribution is 2.31. The van der Waals surface area contributed by atoms with Crippen molar-refractivity contribution < 1.29 is 28.2 Å². The summed E-state index contributed by atoms with van der Waals surface area (Å²) in [6.45, 7) is 2.20. The van der Waals surface area contributed by atoms with E-state index in [1.54, 1.807) is 30.3 Å². The molecule has 4 aromatic rings. The van der Waals surface area contributed by atoms with Crippen LogP contribution in [0.5, 0.6) is 17.2 Å². The number of benzene rings is 3. The van der Waals surface area contributed by atoms with Crippen LogP contribution < -0.4 is 25.0 Å². The van der Waals surface area contributed by atoms with E-state index in [1.807, 2.05) is 6.92 Å². The molecule has 1 aromatic heterocycles. The number of methoxy groups -OCH3 is 2. The lowest BCUT2D eigenvalue weighted by Gasteiger charge is -2.16. The zero-order chi connectivity index (χ0) is 26.5. The van der Waals surface area contributed by atoms with Crippen molar-refractivity contribution in [1.29, 1.82) is 0 Å². The quantitative estimate of drug-likeness (QED) is 0.339. The van der Waals surface area contributed by atoms with Crippen molar-refractivity contribution in [1.82, 2.24) is 4.57 Å². The Labute approximate surface area is 212 Å². The van der Waals surface area contributed by atoms with Crippen LogP contribution >= 0.6 is 0 Å². The molecule has 0 aliphatic carbocycles. The van der Waals surface area contributed by atoms with Crippen LogP contribution in [0.2, 0.25) is 0 Å². The van der Waals surface area contributed by atoms with Gasteiger partial charge in [0.1, 0.15) is 18.1 Å². The van der Waals surface area contributed by atoms with Crippen LogP contribution in [0.15, 0.2) is 71.7 Å². The number of anilines is 1. The zero-order valence-corrected chi connectivity index (χ0v) is 20.5. The molecule has 37 heavy (non-hydrogen) atoms. The lowest BCUT2D eigenvalue weighted by Crippen LogP contribution is -2.24. The van der Waals surface area contributed by atoms with E-state index in [4.69, 9.17) is 14.2 Å². The van der Waals surface area contributed by atoms with Gasteiger partial charge in [0.2, 0.25) is 11.3 Å². The Bertz CT molecular complexity index is 1510.